The molecule has 0 amide bonds. The second-order valence-corrected chi connectivity index (χ2v) is 4.68. The summed E-state index contributed by atoms with van der Waals surface area (Å²) in [4.78, 5) is 12.5. The lowest BCUT2D eigenvalue weighted by atomic mass is 10.2. The molecule has 0 radical (unpaired) electrons. The third-order valence-corrected chi connectivity index (χ3v) is 2.97. The Morgan fingerprint density at radius 3 is 2.78 bits per heavy atom. The molecule has 5 heteroatoms. The molecule has 0 heterocycles. The number of nitro groups is 1. The summed E-state index contributed by atoms with van der Waals surface area (Å²) in [5.74, 6) is 0. The van der Waals surface area contributed by atoms with Gasteiger partial charge in [0.25, 0.3) is 5.69 Å². The van der Waals surface area contributed by atoms with Crippen molar-refractivity contribution in [1.29, 1.82) is 0 Å². The predicted molar refractivity (Wildman–Crippen MR) is 72.6 cm³/mol. The van der Waals surface area contributed by atoms with Crippen molar-refractivity contribution < 1.29 is 4.92 Å². The zero-order chi connectivity index (χ0) is 13.5. The third-order valence-electron chi connectivity index (χ3n) is 2.97. The molecule has 0 aliphatic rings. The number of benzene rings is 1. The molecular formula is C13H21N3O2. The number of likely N-dealkylation sites (N-methyl/N-ethyl adjacent to an activating group) is 1. The highest BCUT2D eigenvalue weighted by atomic mass is 16.6. The van der Waals surface area contributed by atoms with Crippen molar-refractivity contribution >= 4 is 5.69 Å². The lowest BCUT2D eigenvalue weighted by molar-refractivity contribution is -0.384. The first kappa shape index (κ1) is 14.6. The number of rotatable bonds is 7. The van der Waals surface area contributed by atoms with Crippen LogP contribution in [-0.2, 0) is 6.54 Å². The fourth-order valence-corrected chi connectivity index (χ4v) is 1.53. The Hall–Kier alpha value is -1.46. The van der Waals surface area contributed by atoms with Gasteiger partial charge in [-0.05, 0) is 26.5 Å². The van der Waals surface area contributed by atoms with E-state index in [0.717, 1.165) is 18.7 Å². The van der Waals surface area contributed by atoms with Crippen LogP contribution < -0.4 is 5.32 Å². The second-order valence-electron chi connectivity index (χ2n) is 4.68. The molecule has 0 fully saturated rings. The Morgan fingerprint density at radius 1 is 1.44 bits per heavy atom. The summed E-state index contributed by atoms with van der Waals surface area (Å²) < 4.78 is 0. The van der Waals surface area contributed by atoms with Crippen LogP contribution in [0.3, 0.4) is 0 Å². The molecule has 0 aliphatic carbocycles. The zero-order valence-electron chi connectivity index (χ0n) is 11.2. The quantitative estimate of drug-likeness (QED) is 0.457. The normalized spacial score (nSPS) is 11.2. The summed E-state index contributed by atoms with van der Waals surface area (Å²) in [5, 5.41) is 13.9. The van der Waals surface area contributed by atoms with Gasteiger partial charge >= 0.3 is 0 Å². The summed E-state index contributed by atoms with van der Waals surface area (Å²) in [7, 11) is 2.08. The average molecular weight is 251 g/mol. The fraction of sp³-hybridized carbons (Fsp3) is 0.538. The van der Waals surface area contributed by atoms with Crippen molar-refractivity contribution in [2.75, 3.05) is 20.1 Å². The van der Waals surface area contributed by atoms with E-state index in [9.17, 15) is 10.1 Å². The van der Waals surface area contributed by atoms with Crippen LogP contribution in [0.5, 0.6) is 0 Å². The minimum absolute atomic E-state index is 0.147. The molecular weight excluding hydrogens is 230 g/mol. The van der Waals surface area contributed by atoms with Gasteiger partial charge in [-0.15, -0.1) is 0 Å². The molecule has 0 spiro atoms. The van der Waals surface area contributed by atoms with Crippen LogP contribution in [0.15, 0.2) is 24.3 Å². The van der Waals surface area contributed by atoms with E-state index < -0.39 is 0 Å². The number of non-ortho nitro benzene ring substituents is 1. The second kappa shape index (κ2) is 7.08. The molecule has 0 atom stereocenters. The summed E-state index contributed by atoms with van der Waals surface area (Å²) in [6.45, 7) is 6.80. The Labute approximate surface area is 108 Å². The number of nitrogens with one attached hydrogen (secondary N) is 1. The molecule has 0 aromatic heterocycles. The molecule has 0 aliphatic heterocycles. The van der Waals surface area contributed by atoms with E-state index in [-0.39, 0.29) is 10.6 Å². The molecule has 0 saturated heterocycles. The standard InChI is InChI=1S/C13H21N3O2/c1-11(2)15(3)8-7-14-10-12-5-4-6-13(9-12)16(17)18/h4-6,9,11,14H,7-8,10H2,1-3H3. The van der Waals surface area contributed by atoms with E-state index in [2.05, 4.69) is 31.1 Å². The van der Waals surface area contributed by atoms with Crippen LogP contribution in [0, 0.1) is 10.1 Å². The maximum Gasteiger partial charge on any atom is 0.269 e. The molecule has 1 aromatic rings. The summed E-state index contributed by atoms with van der Waals surface area (Å²) in [6.07, 6.45) is 0. The highest BCUT2D eigenvalue weighted by molar-refractivity contribution is 5.34. The van der Waals surface area contributed by atoms with Crippen molar-refractivity contribution in [2.45, 2.75) is 26.4 Å². The van der Waals surface area contributed by atoms with Crippen LogP contribution in [-0.4, -0.2) is 36.0 Å². The Balaban J connectivity index is 2.35. The summed E-state index contributed by atoms with van der Waals surface area (Å²) in [5.41, 5.74) is 1.09. The van der Waals surface area contributed by atoms with Gasteiger partial charge < -0.3 is 10.2 Å². The molecule has 1 N–H and O–H groups in total. The smallest absolute Gasteiger partial charge is 0.269 e. The van der Waals surface area contributed by atoms with Crippen molar-refractivity contribution in [3.63, 3.8) is 0 Å². The SMILES string of the molecule is CC(C)N(C)CCNCc1cccc([N+](=O)[O-])c1. The first-order chi connectivity index (χ1) is 8.50. The van der Waals surface area contributed by atoms with Gasteiger partial charge in [0.2, 0.25) is 0 Å². The highest BCUT2D eigenvalue weighted by Crippen LogP contribution is 2.12. The molecule has 18 heavy (non-hydrogen) atoms. The lowest BCUT2D eigenvalue weighted by Gasteiger charge is -2.20. The summed E-state index contributed by atoms with van der Waals surface area (Å²) >= 11 is 0. The maximum absolute atomic E-state index is 10.6. The third kappa shape index (κ3) is 4.81. The predicted octanol–water partition coefficient (Wildman–Crippen LogP) is 2.02. The molecule has 0 unspecified atom stereocenters. The number of nitrogens with zero attached hydrogens (tertiary/aromatic N) is 2. The first-order valence-electron chi connectivity index (χ1n) is 6.15. The van der Waals surface area contributed by atoms with Gasteiger partial charge in [0.1, 0.15) is 0 Å². The average Bonchev–Trinajstić information content (AvgIpc) is 2.34. The van der Waals surface area contributed by atoms with Gasteiger partial charge in [-0.3, -0.25) is 10.1 Å². The zero-order valence-corrected chi connectivity index (χ0v) is 11.2. The minimum atomic E-state index is -0.365. The number of hydrogen-bond donors (Lipinski definition) is 1. The highest BCUT2D eigenvalue weighted by Gasteiger charge is 2.05. The minimum Gasteiger partial charge on any atom is -0.311 e. The number of hydrogen-bond acceptors (Lipinski definition) is 4. The first-order valence-corrected chi connectivity index (χ1v) is 6.15. The monoisotopic (exact) mass is 251 g/mol. The van der Waals surface area contributed by atoms with Crippen LogP contribution in [0.2, 0.25) is 0 Å². The van der Waals surface area contributed by atoms with Gasteiger partial charge in [-0.1, -0.05) is 12.1 Å². The van der Waals surface area contributed by atoms with Crippen LogP contribution >= 0.6 is 0 Å². The lowest BCUT2D eigenvalue weighted by Crippen LogP contribution is -2.33. The molecule has 1 rings (SSSR count). The van der Waals surface area contributed by atoms with Crippen molar-refractivity contribution in [2.24, 2.45) is 0 Å². The van der Waals surface area contributed by atoms with Gasteiger partial charge in [-0.25, -0.2) is 0 Å². The Kier molecular flexibility index (Phi) is 5.74. The maximum atomic E-state index is 10.6. The van der Waals surface area contributed by atoms with Gasteiger partial charge in [0, 0.05) is 37.8 Å². The molecule has 5 nitrogen and oxygen atoms in total. The van der Waals surface area contributed by atoms with Crippen LogP contribution in [0.25, 0.3) is 0 Å². The van der Waals surface area contributed by atoms with Gasteiger partial charge in [0.15, 0.2) is 0 Å². The molecule has 100 valence electrons. The van der Waals surface area contributed by atoms with Crippen molar-refractivity contribution in [3.8, 4) is 0 Å². The molecule has 0 bridgehead atoms. The van der Waals surface area contributed by atoms with Crippen LogP contribution in [0.4, 0.5) is 5.69 Å². The van der Waals surface area contributed by atoms with E-state index in [1.54, 1.807) is 12.1 Å². The van der Waals surface area contributed by atoms with Gasteiger partial charge in [-0.2, -0.15) is 0 Å². The summed E-state index contributed by atoms with van der Waals surface area (Å²) in [6, 6.07) is 7.26. The van der Waals surface area contributed by atoms with Crippen LogP contribution in [0.1, 0.15) is 19.4 Å². The van der Waals surface area contributed by atoms with E-state index in [4.69, 9.17) is 0 Å². The number of nitro benzene ring substituents is 1. The van der Waals surface area contributed by atoms with E-state index >= 15 is 0 Å². The van der Waals surface area contributed by atoms with E-state index in [1.165, 1.54) is 6.07 Å². The topological polar surface area (TPSA) is 58.4 Å². The van der Waals surface area contributed by atoms with Crippen molar-refractivity contribution in [1.82, 2.24) is 10.2 Å². The fourth-order valence-electron chi connectivity index (χ4n) is 1.53. The Morgan fingerprint density at radius 2 is 2.17 bits per heavy atom. The largest absolute Gasteiger partial charge is 0.311 e. The molecule has 0 saturated carbocycles. The van der Waals surface area contributed by atoms with Crippen molar-refractivity contribution in [3.05, 3.63) is 39.9 Å². The Bertz CT molecular complexity index is 394. The van der Waals surface area contributed by atoms with E-state index in [1.807, 2.05) is 6.07 Å². The van der Waals surface area contributed by atoms with Gasteiger partial charge in [0.05, 0.1) is 4.92 Å². The van der Waals surface area contributed by atoms with E-state index in [0.29, 0.717) is 12.6 Å². The molecule has 1 aromatic carbocycles.